The van der Waals surface area contributed by atoms with Crippen molar-refractivity contribution in [2.24, 2.45) is 0 Å². The molecule has 2 rings (SSSR count). The van der Waals surface area contributed by atoms with Crippen LogP contribution in [0.4, 0.5) is 0 Å². The molecule has 1 fully saturated rings. The summed E-state index contributed by atoms with van der Waals surface area (Å²) in [6.07, 6.45) is 6.70. The van der Waals surface area contributed by atoms with Gasteiger partial charge in [-0.05, 0) is 18.4 Å². The van der Waals surface area contributed by atoms with Crippen molar-refractivity contribution in [3.05, 3.63) is 35.9 Å². The van der Waals surface area contributed by atoms with Crippen LogP contribution in [0.2, 0.25) is 0 Å². The van der Waals surface area contributed by atoms with Crippen molar-refractivity contribution in [3.8, 4) is 0 Å². The molecule has 1 aliphatic rings. The standard InChI is InChI=1S/C16H22N2O2/c19-15(17-12-13-8-4-3-5-9-13)16(20)18-14-10-6-1-2-7-11-14/h3-5,8-9,14H,1-2,6-7,10-12H2,(H,17,19)(H,18,20). The summed E-state index contributed by atoms with van der Waals surface area (Å²) < 4.78 is 0. The summed E-state index contributed by atoms with van der Waals surface area (Å²) in [7, 11) is 0. The summed E-state index contributed by atoms with van der Waals surface area (Å²) in [5.41, 5.74) is 0.989. The lowest BCUT2D eigenvalue weighted by atomic mass is 10.1. The molecule has 4 heteroatoms. The first kappa shape index (κ1) is 14.6. The monoisotopic (exact) mass is 274 g/mol. The number of hydrogen-bond donors (Lipinski definition) is 2. The van der Waals surface area contributed by atoms with Gasteiger partial charge in [-0.3, -0.25) is 9.59 Å². The second-order valence-corrected chi connectivity index (χ2v) is 5.33. The molecule has 2 N–H and O–H groups in total. The molecule has 0 unspecified atom stereocenters. The summed E-state index contributed by atoms with van der Waals surface area (Å²) in [6.45, 7) is 0.387. The lowest BCUT2D eigenvalue weighted by Gasteiger charge is -2.15. The van der Waals surface area contributed by atoms with Crippen LogP contribution < -0.4 is 10.6 Å². The predicted octanol–water partition coefficient (Wildman–Crippen LogP) is 2.14. The molecule has 1 aromatic carbocycles. The van der Waals surface area contributed by atoms with Gasteiger partial charge in [-0.15, -0.1) is 0 Å². The van der Waals surface area contributed by atoms with Crippen LogP contribution in [0.15, 0.2) is 30.3 Å². The molecule has 1 saturated carbocycles. The van der Waals surface area contributed by atoms with Gasteiger partial charge in [0.2, 0.25) is 0 Å². The van der Waals surface area contributed by atoms with E-state index in [1.807, 2.05) is 30.3 Å². The SMILES string of the molecule is O=C(NCc1ccccc1)C(=O)NC1CCCCCC1. The number of nitrogens with one attached hydrogen (secondary N) is 2. The highest BCUT2D eigenvalue weighted by Gasteiger charge is 2.19. The minimum absolute atomic E-state index is 0.160. The van der Waals surface area contributed by atoms with Gasteiger partial charge in [0.05, 0.1) is 0 Å². The summed E-state index contributed by atoms with van der Waals surface area (Å²) in [6, 6.07) is 9.74. The zero-order valence-electron chi connectivity index (χ0n) is 11.7. The van der Waals surface area contributed by atoms with Gasteiger partial charge in [-0.2, -0.15) is 0 Å². The van der Waals surface area contributed by atoms with Crippen LogP contribution in [0.3, 0.4) is 0 Å². The van der Waals surface area contributed by atoms with Gasteiger partial charge < -0.3 is 10.6 Å². The van der Waals surface area contributed by atoms with E-state index in [0.29, 0.717) is 6.54 Å². The smallest absolute Gasteiger partial charge is 0.309 e. The maximum atomic E-state index is 11.8. The molecule has 4 nitrogen and oxygen atoms in total. The lowest BCUT2D eigenvalue weighted by Crippen LogP contribution is -2.44. The number of carbonyl (C=O) groups excluding carboxylic acids is 2. The third kappa shape index (κ3) is 4.68. The van der Waals surface area contributed by atoms with Crippen LogP contribution in [-0.2, 0) is 16.1 Å². The van der Waals surface area contributed by atoms with Crippen LogP contribution in [0, 0.1) is 0 Å². The fourth-order valence-electron chi connectivity index (χ4n) is 2.53. The van der Waals surface area contributed by atoms with E-state index in [9.17, 15) is 9.59 Å². The first-order valence-corrected chi connectivity index (χ1v) is 7.38. The molecular formula is C16H22N2O2. The fourth-order valence-corrected chi connectivity index (χ4v) is 2.53. The second-order valence-electron chi connectivity index (χ2n) is 5.33. The first-order chi connectivity index (χ1) is 9.75. The fraction of sp³-hybridized carbons (Fsp3) is 0.500. The van der Waals surface area contributed by atoms with Crippen molar-refractivity contribution in [2.45, 2.75) is 51.1 Å². The van der Waals surface area contributed by atoms with Crippen molar-refractivity contribution in [1.29, 1.82) is 0 Å². The molecule has 0 spiro atoms. The van der Waals surface area contributed by atoms with Crippen LogP contribution in [0.1, 0.15) is 44.1 Å². The quantitative estimate of drug-likeness (QED) is 0.655. The topological polar surface area (TPSA) is 58.2 Å². The average Bonchev–Trinajstić information content (AvgIpc) is 2.74. The molecule has 0 aromatic heterocycles. The third-order valence-corrected chi connectivity index (χ3v) is 3.69. The van der Waals surface area contributed by atoms with Gasteiger partial charge in [0.25, 0.3) is 0 Å². The van der Waals surface area contributed by atoms with Crippen LogP contribution >= 0.6 is 0 Å². The molecule has 0 aliphatic heterocycles. The van der Waals surface area contributed by atoms with E-state index in [4.69, 9.17) is 0 Å². The van der Waals surface area contributed by atoms with Crippen molar-refractivity contribution in [2.75, 3.05) is 0 Å². The Morgan fingerprint density at radius 3 is 2.25 bits per heavy atom. The number of benzene rings is 1. The van der Waals surface area contributed by atoms with Crippen molar-refractivity contribution in [1.82, 2.24) is 10.6 Å². The maximum Gasteiger partial charge on any atom is 0.309 e. The van der Waals surface area contributed by atoms with E-state index < -0.39 is 11.8 Å². The van der Waals surface area contributed by atoms with Crippen molar-refractivity contribution >= 4 is 11.8 Å². The number of carbonyl (C=O) groups is 2. The Labute approximate surface area is 119 Å². The molecule has 0 bridgehead atoms. The van der Waals surface area contributed by atoms with Crippen LogP contribution in [0.5, 0.6) is 0 Å². The van der Waals surface area contributed by atoms with Gasteiger partial charge in [0.1, 0.15) is 0 Å². The van der Waals surface area contributed by atoms with Gasteiger partial charge in [-0.25, -0.2) is 0 Å². The van der Waals surface area contributed by atoms with Crippen LogP contribution in [-0.4, -0.2) is 17.9 Å². The Balaban J connectivity index is 1.75. The molecule has 0 atom stereocenters. The number of amides is 2. The zero-order chi connectivity index (χ0) is 14.2. The van der Waals surface area contributed by atoms with Crippen molar-refractivity contribution < 1.29 is 9.59 Å². The lowest BCUT2D eigenvalue weighted by molar-refractivity contribution is -0.139. The molecular weight excluding hydrogens is 252 g/mol. The first-order valence-electron chi connectivity index (χ1n) is 7.38. The van der Waals surface area contributed by atoms with Gasteiger partial charge in [-0.1, -0.05) is 56.0 Å². The Bertz CT molecular complexity index is 437. The highest BCUT2D eigenvalue weighted by Crippen LogP contribution is 2.16. The molecule has 1 aliphatic carbocycles. The van der Waals surface area contributed by atoms with E-state index in [1.165, 1.54) is 12.8 Å². The number of hydrogen-bond acceptors (Lipinski definition) is 2. The molecule has 0 radical (unpaired) electrons. The average molecular weight is 274 g/mol. The summed E-state index contributed by atoms with van der Waals surface area (Å²) in [5.74, 6) is -1.05. The molecule has 0 heterocycles. The van der Waals surface area contributed by atoms with E-state index >= 15 is 0 Å². The number of rotatable bonds is 3. The zero-order valence-corrected chi connectivity index (χ0v) is 11.7. The highest BCUT2D eigenvalue weighted by molar-refractivity contribution is 6.35. The second kappa shape index (κ2) is 7.68. The van der Waals surface area contributed by atoms with Gasteiger partial charge in [0.15, 0.2) is 0 Å². The highest BCUT2D eigenvalue weighted by atomic mass is 16.2. The molecule has 108 valence electrons. The minimum Gasteiger partial charge on any atom is -0.345 e. The normalized spacial score (nSPS) is 16.2. The molecule has 2 amide bonds. The molecule has 20 heavy (non-hydrogen) atoms. The largest absolute Gasteiger partial charge is 0.345 e. The molecule has 1 aromatic rings. The van der Waals surface area contributed by atoms with E-state index in [1.54, 1.807) is 0 Å². The maximum absolute atomic E-state index is 11.8. The summed E-state index contributed by atoms with van der Waals surface area (Å²) >= 11 is 0. The van der Waals surface area contributed by atoms with Gasteiger partial charge in [0, 0.05) is 12.6 Å². The summed E-state index contributed by atoms with van der Waals surface area (Å²) in [5, 5.41) is 5.50. The Kier molecular flexibility index (Phi) is 5.59. The van der Waals surface area contributed by atoms with E-state index in [0.717, 1.165) is 31.2 Å². The van der Waals surface area contributed by atoms with Crippen molar-refractivity contribution in [3.63, 3.8) is 0 Å². The Morgan fingerprint density at radius 2 is 1.60 bits per heavy atom. The van der Waals surface area contributed by atoms with E-state index in [2.05, 4.69) is 10.6 Å². The Hall–Kier alpha value is -1.84. The van der Waals surface area contributed by atoms with Gasteiger partial charge >= 0.3 is 11.8 Å². The third-order valence-electron chi connectivity index (χ3n) is 3.69. The van der Waals surface area contributed by atoms with Crippen LogP contribution in [0.25, 0.3) is 0 Å². The van der Waals surface area contributed by atoms with E-state index in [-0.39, 0.29) is 6.04 Å². The predicted molar refractivity (Wildman–Crippen MR) is 77.9 cm³/mol. The Morgan fingerprint density at radius 1 is 0.950 bits per heavy atom. The summed E-state index contributed by atoms with van der Waals surface area (Å²) in [4.78, 5) is 23.6. The minimum atomic E-state index is -0.543. The molecule has 0 saturated heterocycles.